The summed E-state index contributed by atoms with van der Waals surface area (Å²) < 4.78 is 0. The SMILES string of the molecule is C1CCC(NCCNC2CCCC2)C1. The van der Waals surface area contributed by atoms with E-state index in [1.165, 1.54) is 64.5 Å². The first-order valence-electron chi connectivity index (χ1n) is 6.42. The normalized spacial score (nSPS) is 24.9. The Morgan fingerprint density at radius 2 is 1.00 bits per heavy atom. The summed E-state index contributed by atoms with van der Waals surface area (Å²) in [6, 6.07) is 1.67. The van der Waals surface area contributed by atoms with E-state index in [4.69, 9.17) is 0 Å². The first-order valence-corrected chi connectivity index (χ1v) is 6.42. The third-order valence-corrected chi connectivity index (χ3v) is 3.70. The highest BCUT2D eigenvalue weighted by atomic mass is 15.0. The van der Waals surface area contributed by atoms with E-state index in [-0.39, 0.29) is 0 Å². The summed E-state index contributed by atoms with van der Waals surface area (Å²) >= 11 is 0. The molecule has 0 saturated heterocycles. The molecule has 0 aromatic heterocycles. The van der Waals surface area contributed by atoms with Crippen molar-refractivity contribution in [3.8, 4) is 0 Å². The summed E-state index contributed by atoms with van der Waals surface area (Å²) in [6.45, 7) is 2.34. The molecule has 82 valence electrons. The van der Waals surface area contributed by atoms with E-state index in [2.05, 4.69) is 10.6 Å². The molecule has 0 atom stereocenters. The van der Waals surface area contributed by atoms with Crippen LogP contribution in [0.25, 0.3) is 0 Å². The summed E-state index contributed by atoms with van der Waals surface area (Å²) in [7, 11) is 0. The molecular formula is C12H24N2. The molecule has 0 bridgehead atoms. The van der Waals surface area contributed by atoms with Crippen LogP contribution in [0.4, 0.5) is 0 Å². The standard InChI is InChI=1S/C12H24N2/c1-2-6-11(5-1)13-9-10-14-12-7-3-4-8-12/h11-14H,1-10H2. The van der Waals surface area contributed by atoms with Gasteiger partial charge >= 0.3 is 0 Å². The summed E-state index contributed by atoms with van der Waals surface area (Å²) in [5.74, 6) is 0. The zero-order chi connectivity index (χ0) is 9.64. The van der Waals surface area contributed by atoms with Crippen LogP contribution in [0.3, 0.4) is 0 Å². The molecule has 0 aromatic carbocycles. The van der Waals surface area contributed by atoms with Crippen molar-refractivity contribution < 1.29 is 0 Å². The van der Waals surface area contributed by atoms with E-state index in [1.54, 1.807) is 0 Å². The predicted octanol–water partition coefficient (Wildman–Crippen LogP) is 2.05. The molecule has 0 radical (unpaired) electrons. The molecule has 2 fully saturated rings. The molecule has 2 rings (SSSR count). The first kappa shape index (κ1) is 10.4. The minimum atomic E-state index is 0.834. The first-order chi connectivity index (χ1) is 6.95. The second-order valence-corrected chi connectivity index (χ2v) is 4.87. The Morgan fingerprint density at radius 3 is 1.36 bits per heavy atom. The molecule has 0 heterocycles. The highest BCUT2D eigenvalue weighted by molar-refractivity contribution is 4.76. The minimum absolute atomic E-state index is 0.834. The monoisotopic (exact) mass is 196 g/mol. The van der Waals surface area contributed by atoms with Gasteiger partial charge in [0.05, 0.1) is 0 Å². The van der Waals surface area contributed by atoms with Crippen molar-refractivity contribution in [2.24, 2.45) is 0 Å². The van der Waals surface area contributed by atoms with Crippen molar-refractivity contribution >= 4 is 0 Å². The maximum absolute atomic E-state index is 3.64. The van der Waals surface area contributed by atoms with Crippen molar-refractivity contribution in [2.45, 2.75) is 63.5 Å². The van der Waals surface area contributed by atoms with Crippen molar-refractivity contribution in [1.29, 1.82) is 0 Å². The van der Waals surface area contributed by atoms with Gasteiger partial charge in [0.2, 0.25) is 0 Å². The fraction of sp³-hybridized carbons (Fsp3) is 1.00. The minimum Gasteiger partial charge on any atom is -0.313 e. The highest BCUT2D eigenvalue weighted by Crippen LogP contribution is 2.18. The molecule has 2 saturated carbocycles. The van der Waals surface area contributed by atoms with Crippen LogP contribution in [-0.2, 0) is 0 Å². The molecule has 2 nitrogen and oxygen atoms in total. The topological polar surface area (TPSA) is 24.1 Å². The van der Waals surface area contributed by atoms with Crippen LogP contribution in [0, 0.1) is 0 Å². The number of hydrogen-bond acceptors (Lipinski definition) is 2. The van der Waals surface area contributed by atoms with E-state index >= 15 is 0 Å². The Hall–Kier alpha value is -0.0800. The molecule has 0 amide bonds. The van der Waals surface area contributed by atoms with Crippen LogP contribution >= 0.6 is 0 Å². The second-order valence-electron chi connectivity index (χ2n) is 4.87. The molecule has 2 N–H and O–H groups in total. The summed E-state index contributed by atoms with van der Waals surface area (Å²) in [6.07, 6.45) is 11.4. The van der Waals surface area contributed by atoms with Gasteiger partial charge in [0.1, 0.15) is 0 Å². The van der Waals surface area contributed by atoms with Gasteiger partial charge in [-0.3, -0.25) is 0 Å². The molecule has 0 aliphatic heterocycles. The van der Waals surface area contributed by atoms with Crippen LogP contribution in [0.5, 0.6) is 0 Å². The third kappa shape index (κ3) is 3.25. The molecule has 2 heteroatoms. The van der Waals surface area contributed by atoms with Crippen LogP contribution in [-0.4, -0.2) is 25.2 Å². The average Bonchev–Trinajstić information content (AvgIpc) is 2.86. The van der Waals surface area contributed by atoms with Gasteiger partial charge in [0.15, 0.2) is 0 Å². The molecule has 0 spiro atoms. The van der Waals surface area contributed by atoms with Crippen LogP contribution in [0.2, 0.25) is 0 Å². The van der Waals surface area contributed by atoms with E-state index < -0.39 is 0 Å². The lowest BCUT2D eigenvalue weighted by molar-refractivity contribution is 0.472. The number of hydrogen-bond donors (Lipinski definition) is 2. The summed E-state index contributed by atoms with van der Waals surface area (Å²) in [4.78, 5) is 0. The third-order valence-electron chi connectivity index (χ3n) is 3.70. The maximum Gasteiger partial charge on any atom is 0.00794 e. The quantitative estimate of drug-likeness (QED) is 0.658. The van der Waals surface area contributed by atoms with Gasteiger partial charge in [-0.1, -0.05) is 25.7 Å². The molecule has 14 heavy (non-hydrogen) atoms. The van der Waals surface area contributed by atoms with Crippen LogP contribution in [0.1, 0.15) is 51.4 Å². The predicted molar refractivity (Wildman–Crippen MR) is 60.5 cm³/mol. The van der Waals surface area contributed by atoms with Crippen molar-refractivity contribution in [1.82, 2.24) is 10.6 Å². The van der Waals surface area contributed by atoms with Gasteiger partial charge in [-0.15, -0.1) is 0 Å². The van der Waals surface area contributed by atoms with E-state index in [9.17, 15) is 0 Å². The number of nitrogens with one attached hydrogen (secondary N) is 2. The number of rotatable bonds is 5. The smallest absolute Gasteiger partial charge is 0.00794 e. The Balaban J connectivity index is 1.46. The lowest BCUT2D eigenvalue weighted by atomic mass is 10.2. The van der Waals surface area contributed by atoms with Crippen LogP contribution < -0.4 is 10.6 Å². The van der Waals surface area contributed by atoms with Gasteiger partial charge in [0, 0.05) is 25.2 Å². The molecule has 0 aromatic rings. The Labute approximate surface area is 87.8 Å². The fourth-order valence-electron chi connectivity index (χ4n) is 2.81. The molecular weight excluding hydrogens is 172 g/mol. The summed E-state index contributed by atoms with van der Waals surface area (Å²) in [5.41, 5.74) is 0. The fourth-order valence-corrected chi connectivity index (χ4v) is 2.81. The van der Waals surface area contributed by atoms with E-state index in [0.717, 1.165) is 12.1 Å². The average molecular weight is 196 g/mol. The van der Waals surface area contributed by atoms with Crippen molar-refractivity contribution in [3.63, 3.8) is 0 Å². The zero-order valence-electron chi connectivity index (χ0n) is 9.23. The van der Waals surface area contributed by atoms with Gasteiger partial charge in [-0.2, -0.15) is 0 Å². The lowest BCUT2D eigenvalue weighted by Gasteiger charge is -2.15. The zero-order valence-corrected chi connectivity index (χ0v) is 9.23. The van der Waals surface area contributed by atoms with Gasteiger partial charge in [-0.25, -0.2) is 0 Å². The summed E-state index contributed by atoms with van der Waals surface area (Å²) in [5, 5.41) is 7.29. The van der Waals surface area contributed by atoms with Crippen molar-refractivity contribution in [3.05, 3.63) is 0 Å². The Morgan fingerprint density at radius 1 is 0.643 bits per heavy atom. The Bertz CT molecular complexity index is 128. The molecule has 2 aliphatic carbocycles. The van der Waals surface area contributed by atoms with Gasteiger partial charge in [-0.05, 0) is 25.7 Å². The lowest BCUT2D eigenvalue weighted by Crippen LogP contribution is -2.36. The van der Waals surface area contributed by atoms with Crippen LogP contribution in [0.15, 0.2) is 0 Å². The molecule has 0 unspecified atom stereocenters. The Kier molecular flexibility index (Phi) is 4.26. The van der Waals surface area contributed by atoms with E-state index in [0.29, 0.717) is 0 Å². The highest BCUT2D eigenvalue weighted by Gasteiger charge is 2.15. The maximum atomic E-state index is 3.64. The van der Waals surface area contributed by atoms with Gasteiger partial charge < -0.3 is 10.6 Å². The van der Waals surface area contributed by atoms with Gasteiger partial charge in [0.25, 0.3) is 0 Å². The largest absolute Gasteiger partial charge is 0.313 e. The second kappa shape index (κ2) is 5.72. The van der Waals surface area contributed by atoms with E-state index in [1.807, 2.05) is 0 Å². The van der Waals surface area contributed by atoms with Crippen molar-refractivity contribution in [2.75, 3.05) is 13.1 Å². The molecule has 2 aliphatic rings.